The van der Waals surface area contributed by atoms with Gasteiger partial charge in [0.1, 0.15) is 12.4 Å². The van der Waals surface area contributed by atoms with Crippen molar-refractivity contribution in [3.8, 4) is 11.4 Å². The van der Waals surface area contributed by atoms with Crippen molar-refractivity contribution in [2.45, 2.75) is 26.0 Å². The zero-order valence-electron chi connectivity index (χ0n) is 17.0. The van der Waals surface area contributed by atoms with E-state index in [-0.39, 0.29) is 5.56 Å². The average Bonchev–Trinajstić information content (AvgIpc) is 3.22. The Balaban J connectivity index is 1.49. The molecule has 0 bridgehead atoms. The van der Waals surface area contributed by atoms with E-state index in [2.05, 4.69) is 29.3 Å². The van der Waals surface area contributed by atoms with Crippen LogP contribution in [0.25, 0.3) is 5.69 Å². The summed E-state index contributed by atoms with van der Waals surface area (Å²) in [6, 6.07) is 20.1. The Labute approximate surface area is 171 Å². The molecule has 0 radical (unpaired) electrons. The predicted molar refractivity (Wildman–Crippen MR) is 117 cm³/mol. The first-order valence-electron chi connectivity index (χ1n) is 10.1. The number of anilines is 1. The molecule has 1 saturated heterocycles. The van der Waals surface area contributed by atoms with Crippen molar-refractivity contribution < 1.29 is 4.74 Å². The Morgan fingerprint density at radius 1 is 1.10 bits per heavy atom. The molecule has 2 heterocycles. The summed E-state index contributed by atoms with van der Waals surface area (Å²) in [5.41, 5.74) is 4.26. The van der Waals surface area contributed by atoms with Crippen LogP contribution >= 0.6 is 0 Å². The van der Waals surface area contributed by atoms with E-state index in [1.54, 1.807) is 16.8 Å². The van der Waals surface area contributed by atoms with Gasteiger partial charge in [0.05, 0.1) is 0 Å². The Morgan fingerprint density at radius 2 is 1.93 bits per heavy atom. The van der Waals surface area contributed by atoms with Crippen LogP contribution in [0.1, 0.15) is 17.5 Å². The van der Waals surface area contributed by atoms with Gasteiger partial charge < -0.3 is 15.0 Å². The topological polar surface area (TPSA) is 46.5 Å². The molecule has 5 heteroatoms. The molecule has 150 valence electrons. The van der Waals surface area contributed by atoms with Crippen molar-refractivity contribution in [3.05, 3.63) is 88.3 Å². The lowest BCUT2D eigenvalue weighted by molar-refractivity contribution is 0.305. The molecule has 5 nitrogen and oxygen atoms in total. The minimum atomic E-state index is -0.0980. The summed E-state index contributed by atoms with van der Waals surface area (Å²) in [5, 5.41) is 3.35. The van der Waals surface area contributed by atoms with Crippen molar-refractivity contribution in [2.24, 2.45) is 0 Å². The highest BCUT2D eigenvalue weighted by molar-refractivity contribution is 5.58. The van der Waals surface area contributed by atoms with E-state index in [0.717, 1.165) is 30.8 Å². The van der Waals surface area contributed by atoms with Crippen LogP contribution < -0.4 is 20.5 Å². The molecular formula is C24H27N3O2. The second-order valence-electron chi connectivity index (χ2n) is 7.54. The van der Waals surface area contributed by atoms with Gasteiger partial charge in [-0.2, -0.15) is 0 Å². The van der Waals surface area contributed by atoms with Crippen LogP contribution in [0.15, 0.2) is 71.7 Å². The van der Waals surface area contributed by atoms with Gasteiger partial charge in [-0.25, -0.2) is 0 Å². The minimum Gasteiger partial charge on any atom is -0.489 e. The molecule has 0 amide bonds. The van der Waals surface area contributed by atoms with E-state index < -0.39 is 0 Å². The van der Waals surface area contributed by atoms with Crippen molar-refractivity contribution >= 4 is 5.69 Å². The fourth-order valence-electron chi connectivity index (χ4n) is 3.86. The van der Waals surface area contributed by atoms with Gasteiger partial charge in [0, 0.05) is 42.8 Å². The van der Waals surface area contributed by atoms with Gasteiger partial charge in [-0.1, -0.05) is 30.3 Å². The second kappa shape index (κ2) is 8.53. The summed E-state index contributed by atoms with van der Waals surface area (Å²) in [4.78, 5) is 15.1. The van der Waals surface area contributed by atoms with Gasteiger partial charge >= 0.3 is 0 Å². The summed E-state index contributed by atoms with van der Waals surface area (Å²) >= 11 is 0. The Bertz CT molecular complexity index is 1030. The van der Waals surface area contributed by atoms with Crippen molar-refractivity contribution in [1.82, 2.24) is 9.88 Å². The monoisotopic (exact) mass is 389 g/mol. The molecule has 1 aliphatic rings. The standard InChI is InChI=1S/C24H27N3O2/c1-18-14-21(8-9-23(18)26-12-10-20(16-26)25-2)27-13-11-22(15-24(27)28)29-17-19-6-4-3-5-7-19/h3-9,11,13-15,20,25H,10,12,16-17H2,1-2H3/t20-/m0/s1. The summed E-state index contributed by atoms with van der Waals surface area (Å²) in [6.45, 7) is 4.62. The number of rotatable bonds is 6. The van der Waals surface area contributed by atoms with Crippen LogP contribution in [-0.4, -0.2) is 30.7 Å². The maximum absolute atomic E-state index is 12.7. The third-order valence-corrected chi connectivity index (χ3v) is 5.54. The Morgan fingerprint density at radius 3 is 2.62 bits per heavy atom. The highest BCUT2D eigenvalue weighted by Crippen LogP contribution is 2.26. The number of pyridine rings is 1. The summed E-state index contributed by atoms with van der Waals surface area (Å²) < 4.78 is 7.43. The number of aromatic nitrogens is 1. The van der Waals surface area contributed by atoms with Crippen LogP contribution in [0, 0.1) is 6.92 Å². The normalized spacial score (nSPS) is 16.2. The molecule has 1 N–H and O–H groups in total. The summed E-state index contributed by atoms with van der Waals surface area (Å²) in [5.74, 6) is 0.582. The number of nitrogens with one attached hydrogen (secondary N) is 1. The molecule has 1 aliphatic heterocycles. The quantitative estimate of drug-likeness (QED) is 0.701. The highest BCUT2D eigenvalue weighted by Gasteiger charge is 2.22. The number of ether oxygens (including phenoxy) is 1. The molecule has 29 heavy (non-hydrogen) atoms. The van der Waals surface area contributed by atoms with E-state index in [9.17, 15) is 4.79 Å². The number of nitrogens with zero attached hydrogens (tertiary/aromatic N) is 2. The first-order valence-corrected chi connectivity index (χ1v) is 10.1. The van der Waals surface area contributed by atoms with Crippen molar-refractivity contribution in [2.75, 3.05) is 25.0 Å². The molecule has 0 aliphatic carbocycles. The van der Waals surface area contributed by atoms with Gasteiger partial charge in [-0.05, 0) is 55.8 Å². The van der Waals surface area contributed by atoms with Crippen LogP contribution in [-0.2, 0) is 6.61 Å². The lowest BCUT2D eigenvalue weighted by Crippen LogP contribution is -2.29. The molecule has 1 fully saturated rings. The Kier molecular flexibility index (Phi) is 5.67. The van der Waals surface area contributed by atoms with Crippen LogP contribution in [0.5, 0.6) is 5.75 Å². The highest BCUT2D eigenvalue weighted by atomic mass is 16.5. The molecular weight excluding hydrogens is 362 g/mol. The van der Waals surface area contributed by atoms with E-state index in [1.807, 2.05) is 49.5 Å². The lowest BCUT2D eigenvalue weighted by atomic mass is 10.1. The number of hydrogen-bond acceptors (Lipinski definition) is 4. The number of likely N-dealkylation sites (N-methyl/N-ethyl adjacent to an activating group) is 1. The molecule has 0 unspecified atom stereocenters. The van der Waals surface area contributed by atoms with Gasteiger partial charge in [0.2, 0.25) is 0 Å². The second-order valence-corrected chi connectivity index (χ2v) is 7.54. The van der Waals surface area contributed by atoms with Gasteiger partial charge in [-0.15, -0.1) is 0 Å². The van der Waals surface area contributed by atoms with Crippen LogP contribution in [0.3, 0.4) is 0 Å². The lowest BCUT2D eigenvalue weighted by Gasteiger charge is -2.22. The predicted octanol–water partition coefficient (Wildman–Crippen LogP) is 3.52. The van der Waals surface area contributed by atoms with Gasteiger partial charge in [0.25, 0.3) is 5.56 Å². The first kappa shape index (κ1) is 19.3. The van der Waals surface area contributed by atoms with E-state index in [1.165, 1.54) is 11.3 Å². The van der Waals surface area contributed by atoms with E-state index in [0.29, 0.717) is 18.4 Å². The zero-order chi connectivity index (χ0) is 20.2. The van der Waals surface area contributed by atoms with Gasteiger partial charge in [0.15, 0.2) is 0 Å². The molecule has 0 spiro atoms. The molecule has 1 atom stereocenters. The molecule has 2 aromatic carbocycles. The number of benzene rings is 2. The zero-order valence-corrected chi connectivity index (χ0v) is 17.0. The largest absolute Gasteiger partial charge is 0.489 e. The van der Waals surface area contributed by atoms with Crippen molar-refractivity contribution in [3.63, 3.8) is 0 Å². The fourth-order valence-corrected chi connectivity index (χ4v) is 3.86. The summed E-state index contributed by atoms with van der Waals surface area (Å²) in [6.07, 6.45) is 2.94. The molecule has 0 saturated carbocycles. The molecule has 4 rings (SSSR count). The first-order chi connectivity index (χ1) is 14.1. The SMILES string of the molecule is CN[C@H]1CCN(c2ccc(-n3ccc(OCc4ccccc4)cc3=O)cc2C)C1. The van der Waals surface area contributed by atoms with E-state index in [4.69, 9.17) is 4.74 Å². The van der Waals surface area contributed by atoms with Crippen LogP contribution in [0.2, 0.25) is 0 Å². The smallest absolute Gasteiger partial charge is 0.258 e. The van der Waals surface area contributed by atoms with Gasteiger partial charge in [-0.3, -0.25) is 9.36 Å². The molecule has 1 aromatic heterocycles. The third-order valence-electron chi connectivity index (χ3n) is 5.54. The fraction of sp³-hybridized carbons (Fsp3) is 0.292. The third kappa shape index (κ3) is 4.35. The van der Waals surface area contributed by atoms with E-state index >= 15 is 0 Å². The van der Waals surface area contributed by atoms with Crippen molar-refractivity contribution in [1.29, 1.82) is 0 Å². The average molecular weight is 389 g/mol. The molecule has 3 aromatic rings. The minimum absolute atomic E-state index is 0.0980. The van der Waals surface area contributed by atoms with Crippen LogP contribution in [0.4, 0.5) is 5.69 Å². The maximum Gasteiger partial charge on any atom is 0.258 e. The number of hydrogen-bond donors (Lipinski definition) is 1. The maximum atomic E-state index is 12.7. The Hall–Kier alpha value is -3.05. The number of aryl methyl sites for hydroxylation is 1. The summed E-state index contributed by atoms with van der Waals surface area (Å²) in [7, 11) is 2.02.